The minimum absolute atomic E-state index is 0.324. The summed E-state index contributed by atoms with van der Waals surface area (Å²) in [5.74, 6) is 1.37. The summed E-state index contributed by atoms with van der Waals surface area (Å²) in [6, 6.07) is 23.8. The number of methoxy groups -OCH3 is 2. The van der Waals surface area contributed by atoms with Crippen LogP contribution in [-0.4, -0.2) is 20.2 Å². The van der Waals surface area contributed by atoms with Crippen LogP contribution in [0.25, 0.3) is 11.1 Å². The SMILES string of the molecule is COC(=O)c1ccc(SCc2ccc(OC)cc2)cc1-c1ccccc1. The lowest BCUT2D eigenvalue weighted by Gasteiger charge is -2.11. The maximum atomic E-state index is 12.1. The van der Waals surface area contributed by atoms with Crippen LogP contribution in [-0.2, 0) is 10.5 Å². The summed E-state index contributed by atoms with van der Waals surface area (Å²) < 4.78 is 10.1. The predicted molar refractivity (Wildman–Crippen MR) is 106 cm³/mol. The third-order valence-electron chi connectivity index (χ3n) is 4.05. The molecule has 0 amide bonds. The van der Waals surface area contributed by atoms with E-state index in [4.69, 9.17) is 9.47 Å². The summed E-state index contributed by atoms with van der Waals surface area (Å²) in [4.78, 5) is 13.2. The molecule has 0 radical (unpaired) electrons. The van der Waals surface area contributed by atoms with E-state index in [1.807, 2.05) is 54.6 Å². The van der Waals surface area contributed by atoms with Crippen molar-refractivity contribution < 1.29 is 14.3 Å². The van der Waals surface area contributed by atoms with Crippen LogP contribution < -0.4 is 4.74 Å². The highest BCUT2D eigenvalue weighted by molar-refractivity contribution is 7.98. The molecule has 0 saturated carbocycles. The second kappa shape index (κ2) is 8.59. The molecular weight excluding hydrogens is 344 g/mol. The lowest BCUT2D eigenvalue weighted by molar-refractivity contribution is 0.0601. The number of carbonyl (C=O) groups is 1. The molecule has 0 bridgehead atoms. The molecule has 0 aliphatic heterocycles. The van der Waals surface area contributed by atoms with E-state index in [1.54, 1.807) is 18.9 Å². The summed E-state index contributed by atoms with van der Waals surface area (Å²) in [6.45, 7) is 0. The van der Waals surface area contributed by atoms with Crippen LogP contribution in [0.1, 0.15) is 15.9 Å². The van der Waals surface area contributed by atoms with Gasteiger partial charge >= 0.3 is 5.97 Å². The van der Waals surface area contributed by atoms with E-state index >= 15 is 0 Å². The average molecular weight is 364 g/mol. The van der Waals surface area contributed by atoms with Crippen LogP contribution in [0.4, 0.5) is 0 Å². The normalized spacial score (nSPS) is 10.4. The van der Waals surface area contributed by atoms with Crippen LogP contribution in [0, 0.1) is 0 Å². The standard InChI is InChI=1S/C22H20O3S/c1-24-18-10-8-16(9-11-18)15-26-19-12-13-20(22(23)25-2)21(14-19)17-6-4-3-5-7-17/h3-14H,15H2,1-2H3. The number of hydrogen-bond acceptors (Lipinski definition) is 4. The molecule has 3 rings (SSSR count). The molecule has 3 aromatic carbocycles. The molecule has 0 saturated heterocycles. The molecule has 132 valence electrons. The zero-order valence-corrected chi connectivity index (χ0v) is 15.6. The molecule has 4 heteroatoms. The monoisotopic (exact) mass is 364 g/mol. The van der Waals surface area contributed by atoms with Crippen LogP contribution in [0.5, 0.6) is 5.75 Å². The molecule has 0 heterocycles. The topological polar surface area (TPSA) is 35.5 Å². The molecule has 0 atom stereocenters. The number of thioether (sulfide) groups is 1. The molecule has 0 spiro atoms. The van der Waals surface area contributed by atoms with Gasteiger partial charge in [0, 0.05) is 10.6 Å². The fourth-order valence-corrected chi connectivity index (χ4v) is 3.54. The number of rotatable bonds is 6. The van der Waals surface area contributed by atoms with Crippen LogP contribution in [0.3, 0.4) is 0 Å². The van der Waals surface area contributed by atoms with Gasteiger partial charge in [-0.05, 0) is 47.0 Å². The van der Waals surface area contributed by atoms with E-state index in [1.165, 1.54) is 12.7 Å². The van der Waals surface area contributed by atoms with Crippen molar-refractivity contribution in [1.29, 1.82) is 0 Å². The van der Waals surface area contributed by atoms with Crippen molar-refractivity contribution in [3.05, 3.63) is 83.9 Å². The second-order valence-electron chi connectivity index (χ2n) is 5.70. The van der Waals surface area contributed by atoms with Gasteiger partial charge in [-0.3, -0.25) is 0 Å². The van der Waals surface area contributed by atoms with Crippen molar-refractivity contribution in [1.82, 2.24) is 0 Å². The lowest BCUT2D eigenvalue weighted by Crippen LogP contribution is -2.03. The highest BCUT2D eigenvalue weighted by atomic mass is 32.2. The van der Waals surface area contributed by atoms with Gasteiger partial charge < -0.3 is 9.47 Å². The third-order valence-corrected chi connectivity index (χ3v) is 5.11. The van der Waals surface area contributed by atoms with E-state index in [0.717, 1.165) is 27.5 Å². The summed E-state index contributed by atoms with van der Waals surface area (Å²) in [7, 11) is 3.07. The summed E-state index contributed by atoms with van der Waals surface area (Å²) in [6.07, 6.45) is 0. The number of ether oxygens (including phenoxy) is 2. The number of hydrogen-bond donors (Lipinski definition) is 0. The van der Waals surface area contributed by atoms with E-state index in [0.29, 0.717) is 5.56 Å². The van der Waals surface area contributed by atoms with Crippen molar-refractivity contribution in [2.75, 3.05) is 14.2 Å². The van der Waals surface area contributed by atoms with Crippen LogP contribution >= 0.6 is 11.8 Å². The Bertz CT molecular complexity index is 874. The fourth-order valence-electron chi connectivity index (χ4n) is 2.65. The summed E-state index contributed by atoms with van der Waals surface area (Å²) >= 11 is 1.73. The molecule has 0 aliphatic rings. The molecule has 0 aromatic heterocycles. The molecule has 0 N–H and O–H groups in total. The number of esters is 1. The zero-order valence-electron chi connectivity index (χ0n) is 14.8. The maximum absolute atomic E-state index is 12.1. The van der Waals surface area contributed by atoms with Gasteiger partial charge in [-0.2, -0.15) is 0 Å². The summed E-state index contributed by atoms with van der Waals surface area (Å²) in [5.41, 5.74) is 3.68. The smallest absolute Gasteiger partial charge is 0.338 e. The molecular formula is C22H20O3S. The zero-order chi connectivity index (χ0) is 18.4. The third kappa shape index (κ3) is 4.27. The lowest BCUT2D eigenvalue weighted by atomic mass is 10.00. The van der Waals surface area contributed by atoms with Crippen molar-refractivity contribution in [3.8, 4) is 16.9 Å². The van der Waals surface area contributed by atoms with Gasteiger partial charge in [-0.15, -0.1) is 11.8 Å². The maximum Gasteiger partial charge on any atom is 0.338 e. The Labute approximate surface area is 158 Å². The minimum atomic E-state index is -0.324. The van der Waals surface area contributed by atoms with Gasteiger partial charge in [0.2, 0.25) is 0 Å². The Kier molecular flexibility index (Phi) is 5.97. The van der Waals surface area contributed by atoms with Crippen LogP contribution in [0.15, 0.2) is 77.7 Å². The molecule has 0 aliphatic carbocycles. The van der Waals surface area contributed by atoms with Gasteiger partial charge in [-0.1, -0.05) is 42.5 Å². The Morgan fingerprint density at radius 2 is 1.65 bits per heavy atom. The first-order valence-corrected chi connectivity index (χ1v) is 9.23. The highest BCUT2D eigenvalue weighted by Gasteiger charge is 2.14. The second-order valence-corrected chi connectivity index (χ2v) is 6.75. The van der Waals surface area contributed by atoms with Crippen molar-refractivity contribution in [3.63, 3.8) is 0 Å². The quantitative estimate of drug-likeness (QED) is 0.431. The van der Waals surface area contributed by atoms with E-state index < -0.39 is 0 Å². The molecule has 3 aromatic rings. The Morgan fingerprint density at radius 3 is 2.31 bits per heavy atom. The highest BCUT2D eigenvalue weighted by Crippen LogP contribution is 2.31. The van der Waals surface area contributed by atoms with E-state index in [9.17, 15) is 4.79 Å². The van der Waals surface area contributed by atoms with Crippen molar-refractivity contribution in [2.24, 2.45) is 0 Å². The van der Waals surface area contributed by atoms with Crippen molar-refractivity contribution in [2.45, 2.75) is 10.6 Å². The van der Waals surface area contributed by atoms with Gasteiger partial charge in [0.25, 0.3) is 0 Å². The van der Waals surface area contributed by atoms with Crippen LogP contribution in [0.2, 0.25) is 0 Å². The first-order valence-electron chi connectivity index (χ1n) is 8.25. The Balaban J connectivity index is 1.85. The van der Waals surface area contributed by atoms with Gasteiger partial charge in [0.05, 0.1) is 19.8 Å². The van der Waals surface area contributed by atoms with Gasteiger partial charge in [0.1, 0.15) is 5.75 Å². The van der Waals surface area contributed by atoms with Gasteiger partial charge in [-0.25, -0.2) is 4.79 Å². The van der Waals surface area contributed by atoms with E-state index in [2.05, 4.69) is 18.2 Å². The average Bonchev–Trinajstić information content (AvgIpc) is 2.72. The number of carbonyl (C=O) groups excluding carboxylic acids is 1. The Morgan fingerprint density at radius 1 is 0.923 bits per heavy atom. The first-order chi connectivity index (χ1) is 12.7. The van der Waals surface area contributed by atoms with Gasteiger partial charge in [0.15, 0.2) is 0 Å². The summed E-state index contributed by atoms with van der Waals surface area (Å²) in [5, 5.41) is 0. The minimum Gasteiger partial charge on any atom is -0.497 e. The number of benzene rings is 3. The predicted octanol–water partition coefficient (Wildman–Crippen LogP) is 5.44. The fraction of sp³-hybridized carbons (Fsp3) is 0.136. The molecule has 3 nitrogen and oxygen atoms in total. The largest absolute Gasteiger partial charge is 0.497 e. The molecule has 26 heavy (non-hydrogen) atoms. The Hall–Kier alpha value is -2.72. The van der Waals surface area contributed by atoms with Crippen molar-refractivity contribution >= 4 is 17.7 Å². The molecule has 0 fully saturated rings. The van der Waals surface area contributed by atoms with E-state index in [-0.39, 0.29) is 5.97 Å². The molecule has 0 unspecified atom stereocenters. The first kappa shape index (κ1) is 18.1.